The summed E-state index contributed by atoms with van der Waals surface area (Å²) >= 11 is 0. The van der Waals surface area contributed by atoms with Gasteiger partial charge >= 0.3 is 5.97 Å². The van der Waals surface area contributed by atoms with E-state index in [0.717, 1.165) is 0 Å². The largest absolute Gasteiger partial charge is 0.480 e. The molecule has 0 rings (SSSR count). The quantitative estimate of drug-likeness (QED) is 0.573. The van der Waals surface area contributed by atoms with Crippen LogP contribution in [0.5, 0.6) is 0 Å². The molecule has 0 aliphatic rings. The van der Waals surface area contributed by atoms with Crippen LogP contribution in [0, 0.1) is 5.92 Å². The number of ketones is 1. The first-order valence-corrected chi connectivity index (χ1v) is 6.93. The molecule has 0 aromatic carbocycles. The third kappa shape index (κ3) is 8.78. The van der Waals surface area contributed by atoms with E-state index in [-0.39, 0.29) is 30.4 Å². The number of carbonyl (C=O) groups is 4. The zero-order valence-corrected chi connectivity index (χ0v) is 12.9. The summed E-state index contributed by atoms with van der Waals surface area (Å²) in [5.74, 6) is -2.08. The summed E-state index contributed by atoms with van der Waals surface area (Å²) in [5, 5.41) is 14.0. The Morgan fingerprint density at radius 3 is 1.95 bits per heavy atom. The van der Waals surface area contributed by atoms with Gasteiger partial charge in [-0.25, -0.2) is 4.79 Å². The number of carboxylic acids is 1. The Balaban J connectivity index is 4.76. The second kappa shape index (κ2) is 9.10. The van der Waals surface area contributed by atoms with Gasteiger partial charge in [0.1, 0.15) is 17.9 Å². The van der Waals surface area contributed by atoms with Gasteiger partial charge < -0.3 is 20.5 Å². The summed E-state index contributed by atoms with van der Waals surface area (Å²) in [6, 6.07) is -1.91. The molecule has 0 saturated carbocycles. The molecule has 0 saturated heterocycles. The van der Waals surface area contributed by atoms with Crippen LogP contribution in [-0.4, -0.2) is 40.8 Å². The van der Waals surface area contributed by atoms with Gasteiger partial charge in [-0.15, -0.1) is 0 Å². The molecule has 0 aromatic rings. The maximum absolute atomic E-state index is 12.1. The highest BCUT2D eigenvalue weighted by Crippen LogP contribution is 2.07. The number of carbonyl (C=O) groups excluding carboxylic acids is 3. The van der Waals surface area contributed by atoms with Gasteiger partial charge in [-0.1, -0.05) is 13.8 Å². The van der Waals surface area contributed by atoms with Gasteiger partial charge in [0.15, 0.2) is 0 Å². The summed E-state index contributed by atoms with van der Waals surface area (Å²) in [4.78, 5) is 45.2. The molecule has 0 heterocycles. The molecule has 0 aliphatic heterocycles. The minimum atomic E-state index is -1.20. The lowest BCUT2D eigenvalue weighted by atomic mass is 10.0. The normalized spacial score (nSPS) is 13.4. The van der Waals surface area contributed by atoms with Crippen molar-refractivity contribution in [1.82, 2.24) is 10.6 Å². The van der Waals surface area contributed by atoms with Gasteiger partial charge in [0.25, 0.3) is 0 Å². The first kappa shape index (κ1) is 19.1. The van der Waals surface area contributed by atoms with Crippen LogP contribution >= 0.6 is 0 Å². The lowest BCUT2D eigenvalue weighted by molar-refractivity contribution is -0.142. The van der Waals surface area contributed by atoms with Crippen LogP contribution in [0.3, 0.4) is 0 Å². The standard InChI is InChI=1S/C14H24N2O5/c1-8(2)7-12(15-10(4)18)13(19)16-11(14(20)21)6-5-9(3)17/h8,11-12H,5-7H2,1-4H3,(H,15,18)(H,16,19)(H,20,21)/t11-,12-/m0/s1. The smallest absolute Gasteiger partial charge is 0.326 e. The first-order chi connectivity index (χ1) is 9.63. The zero-order valence-electron chi connectivity index (χ0n) is 12.9. The van der Waals surface area contributed by atoms with E-state index in [4.69, 9.17) is 5.11 Å². The molecule has 3 N–H and O–H groups in total. The number of amides is 2. The number of carboxylic acid groups (broad SMARTS) is 1. The van der Waals surface area contributed by atoms with E-state index in [1.807, 2.05) is 13.8 Å². The van der Waals surface area contributed by atoms with Gasteiger partial charge in [-0.2, -0.15) is 0 Å². The number of Topliss-reactive ketones (excluding diaryl/α,β-unsaturated/α-hetero) is 1. The van der Waals surface area contributed by atoms with Crippen LogP contribution in [0.2, 0.25) is 0 Å². The molecule has 0 bridgehead atoms. The van der Waals surface area contributed by atoms with Crippen molar-refractivity contribution >= 4 is 23.6 Å². The summed E-state index contributed by atoms with van der Waals surface area (Å²) in [5.41, 5.74) is 0. The molecule has 0 fully saturated rings. The SMILES string of the molecule is CC(=O)CC[C@H](NC(=O)[C@H](CC(C)C)NC(C)=O)C(=O)O. The van der Waals surface area contributed by atoms with Crippen molar-refractivity contribution in [3.8, 4) is 0 Å². The molecular weight excluding hydrogens is 276 g/mol. The second-order valence-electron chi connectivity index (χ2n) is 5.52. The summed E-state index contributed by atoms with van der Waals surface area (Å²) in [7, 11) is 0. The fraction of sp³-hybridized carbons (Fsp3) is 0.714. The van der Waals surface area contributed by atoms with E-state index in [1.165, 1.54) is 13.8 Å². The predicted octanol–water partition coefficient (Wildman–Crippen LogP) is 0.476. The van der Waals surface area contributed by atoms with Gasteiger partial charge in [-0.3, -0.25) is 9.59 Å². The van der Waals surface area contributed by atoms with Crippen molar-refractivity contribution in [3.63, 3.8) is 0 Å². The summed E-state index contributed by atoms with van der Waals surface area (Å²) < 4.78 is 0. The Morgan fingerprint density at radius 2 is 1.57 bits per heavy atom. The van der Waals surface area contributed by atoms with Crippen molar-refractivity contribution in [1.29, 1.82) is 0 Å². The Labute approximate surface area is 124 Å². The Bertz CT molecular complexity index is 406. The minimum absolute atomic E-state index is 0.0326. The van der Waals surface area contributed by atoms with E-state index < -0.39 is 24.0 Å². The third-order valence-electron chi connectivity index (χ3n) is 2.80. The van der Waals surface area contributed by atoms with Crippen molar-refractivity contribution in [2.75, 3.05) is 0 Å². The molecule has 2 amide bonds. The van der Waals surface area contributed by atoms with E-state index in [1.54, 1.807) is 0 Å². The number of aliphatic carboxylic acids is 1. The van der Waals surface area contributed by atoms with E-state index in [2.05, 4.69) is 10.6 Å². The maximum atomic E-state index is 12.1. The average Bonchev–Trinajstić information content (AvgIpc) is 2.31. The van der Waals surface area contributed by atoms with Crippen molar-refractivity contribution in [3.05, 3.63) is 0 Å². The maximum Gasteiger partial charge on any atom is 0.326 e. The van der Waals surface area contributed by atoms with Crippen molar-refractivity contribution in [2.45, 2.75) is 59.0 Å². The average molecular weight is 300 g/mol. The molecule has 0 radical (unpaired) electrons. The monoisotopic (exact) mass is 300 g/mol. The Morgan fingerprint density at radius 1 is 1.00 bits per heavy atom. The molecule has 0 unspecified atom stereocenters. The van der Waals surface area contributed by atoms with Crippen LogP contribution < -0.4 is 10.6 Å². The Hall–Kier alpha value is -1.92. The summed E-state index contributed by atoms with van der Waals surface area (Å²) in [6.45, 7) is 6.45. The van der Waals surface area contributed by atoms with E-state index in [0.29, 0.717) is 6.42 Å². The predicted molar refractivity (Wildman–Crippen MR) is 76.5 cm³/mol. The minimum Gasteiger partial charge on any atom is -0.480 e. The second-order valence-corrected chi connectivity index (χ2v) is 5.52. The zero-order chi connectivity index (χ0) is 16.6. The fourth-order valence-electron chi connectivity index (χ4n) is 1.83. The van der Waals surface area contributed by atoms with Crippen molar-refractivity contribution in [2.24, 2.45) is 5.92 Å². The van der Waals surface area contributed by atoms with Crippen LogP contribution in [-0.2, 0) is 19.2 Å². The molecule has 2 atom stereocenters. The van der Waals surface area contributed by atoms with Crippen LogP contribution in [0.25, 0.3) is 0 Å². The van der Waals surface area contributed by atoms with Crippen LogP contribution in [0.15, 0.2) is 0 Å². The lowest BCUT2D eigenvalue weighted by Gasteiger charge is -2.22. The number of nitrogens with one attached hydrogen (secondary N) is 2. The summed E-state index contributed by atoms with van der Waals surface area (Å²) in [6.07, 6.45) is 0.515. The highest BCUT2D eigenvalue weighted by Gasteiger charge is 2.26. The molecule has 7 heteroatoms. The first-order valence-electron chi connectivity index (χ1n) is 6.93. The molecule has 0 aliphatic carbocycles. The number of hydrogen-bond acceptors (Lipinski definition) is 4. The van der Waals surface area contributed by atoms with Gasteiger partial charge in [-0.05, 0) is 25.7 Å². The molecule has 0 aromatic heterocycles. The van der Waals surface area contributed by atoms with Crippen LogP contribution in [0.4, 0.5) is 0 Å². The number of rotatable bonds is 9. The molecule has 0 spiro atoms. The topological polar surface area (TPSA) is 113 Å². The fourth-order valence-corrected chi connectivity index (χ4v) is 1.83. The highest BCUT2D eigenvalue weighted by molar-refractivity contribution is 5.90. The van der Waals surface area contributed by atoms with Gasteiger partial charge in [0.05, 0.1) is 0 Å². The Kier molecular flexibility index (Phi) is 8.26. The van der Waals surface area contributed by atoms with Crippen molar-refractivity contribution < 1.29 is 24.3 Å². The van der Waals surface area contributed by atoms with Gasteiger partial charge in [0.2, 0.25) is 11.8 Å². The number of hydrogen-bond donors (Lipinski definition) is 3. The molecule has 120 valence electrons. The third-order valence-corrected chi connectivity index (χ3v) is 2.80. The van der Waals surface area contributed by atoms with E-state index in [9.17, 15) is 19.2 Å². The molecule has 21 heavy (non-hydrogen) atoms. The molecular formula is C14H24N2O5. The lowest BCUT2D eigenvalue weighted by Crippen LogP contribution is -2.51. The van der Waals surface area contributed by atoms with E-state index >= 15 is 0 Å². The van der Waals surface area contributed by atoms with Gasteiger partial charge in [0, 0.05) is 13.3 Å². The van der Waals surface area contributed by atoms with Crippen LogP contribution in [0.1, 0.15) is 47.0 Å². The highest BCUT2D eigenvalue weighted by atomic mass is 16.4. The molecule has 7 nitrogen and oxygen atoms in total.